The van der Waals surface area contributed by atoms with Crippen molar-refractivity contribution in [3.05, 3.63) is 0 Å². The van der Waals surface area contributed by atoms with E-state index in [1.807, 2.05) is 11.8 Å². The van der Waals surface area contributed by atoms with E-state index >= 15 is 0 Å². The first kappa shape index (κ1) is 14.7. The molecule has 0 aromatic rings. The minimum absolute atomic E-state index is 0.406. The predicted octanol–water partition coefficient (Wildman–Crippen LogP) is 1.93. The average molecular weight is 291 g/mol. The lowest BCUT2D eigenvalue weighted by Crippen LogP contribution is -2.30. The van der Waals surface area contributed by atoms with Crippen molar-refractivity contribution in [1.29, 1.82) is 0 Å². The maximum absolute atomic E-state index is 11.6. The van der Waals surface area contributed by atoms with Crippen molar-refractivity contribution in [3.63, 3.8) is 0 Å². The Hall–Kier alpha value is 0.260. The molecule has 1 aliphatic heterocycles. The van der Waals surface area contributed by atoms with Gasteiger partial charge in [-0.2, -0.15) is 11.8 Å². The number of rotatable bonds is 8. The van der Waals surface area contributed by atoms with Gasteiger partial charge < -0.3 is 5.32 Å². The van der Waals surface area contributed by atoms with E-state index in [0.29, 0.717) is 23.3 Å². The monoisotopic (exact) mass is 291 g/mol. The van der Waals surface area contributed by atoms with E-state index < -0.39 is 9.84 Å². The normalized spacial score (nSPS) is 28.4. The van der Waals surface area contributed by atoms with Gasteiger partial charge in [0.2, 0.25) is 0 Å². The summed E-state index contributed by atoms with van der Waals surface area (Å²) in [6.07, 6.45) is 8.03. The SMILES string of the molecule is CSCCCC(CNC1CC1)C1CCS(=O)(=O)C1. The fraction of sp³-hybridized carbons (Fsp3) is 1.00. The highest BCUT2D eigenvalue weighted by Crippen LogP contribution is 2.30. The van der Waals surface area contributed by atoms with E-state index in [1.165, 1.54) is 31.4 Å². The summed E-state index contributed by atoms with van der Waals surface area (Å²) in [5, 5.41) is 3.59. The van der Waals surface area contributed by atoms with Crippen LogP contribution in [0.25, 0.3) is 0 Å². The zero-order valence-electron chi connectivity index (χ0n) is 11.2. The smallest absolute Gasteiger partial charge is 0.150 e. The summed E-state index contributed by atoms with van der Waals surface area (Å²) in [6, 6.07) is 0.728. The van der Waals surface area contributed by atoms with Crippen molar-refractivity contribution in [2.75, 3.05) is 30.1 Å². The van der Waals surface area contributed by atoms with Gasteiger partial charge in [0.15, 0.2) is 9.84 Å². The molecule has 2 atom stereocenters. The lowest BCUT2D eigenvalue weighted by molar-refractivity contribution is 0.322. The number of nitrogens with one attached hydrogen (secondary N) is 1. The predicted molar refractivity (Wildman–Crippen MR) is 78.9 cm³/mol. The molecular formula is C13H25NO2S2. The summed E-state index contributed by atoms with van der Waals surface area (Å²) in [6.45, 7) is 1.03. The van der Waals surface area contributed by atoms with Crippen LogP contribution in [0.15, 0.2) is 0 Å². The number of hydrogen-bond acceptors (Lipinski definition) is 4. The van der Waals surface area contributed by atoms with E-state index in [-0.39, 0.29) is 0 Å². The summed E-state index contributed by atoms with van der Waals surface area (Å²) >= 11 is 1.88. The Morgan fingerprint density at radius 1 is 1.33 bits per heavy atom. The van der Waals surface area contributed by atoms with Crippen LogP contribution in [0.3, 0.4) is 0 Å². The Bertz CT molecular complexity index is 352. The first-order valence-electron chi connectivity index (χ1n) is 7.03. The topological polar surface area (TPSA) is 46.2 Å². The van der Waals surface area contributed by atoms with E-state index in [0.717, 1.165) is 19.0 Å². The largest absolute Gasteiger partial charge is 0.314 e. The Balaban J connectivity index is 1.81. The summed E-state index contributed by atoms with van der Waals surface area (Å²) in [5.41, 5.74) is 0. The molecule has 106 valence electrons. The molecule has 1 heterocycles. The van der Waals surface area contributed by atoms with E-state index in [2.05, 4.69) is 11.6 Å². The Morgan fingerprint density at radius 2 is 2.11 bits per heavy atom. The zero-order chi connectivity index (χ0) is 13.0. The van der Waals surface area contributed by atoms with Crippen molar-refractivity contribution in [3.8, 4) is 0 Å². The molecule has 1 saturated carbocycles. The first-order valence-corrected chi connectivity index (χ1v) is 10.2. The first-order chi connectivity index (χ1) is 8.61. The average Bonchev–Trinajstić information content (AvgIpc) is 3.07. The van der Waals surface area contributed by atoms with E-state index in [9.17, 15) is 8.42 Å². The van der Waals surface area contributed by atoms with Gasteiger partial charge in [0.25, 0.3) is 0 Å². The van der Waals surface area contributed by atoms with Gasteiger partial charge in [-0.25, -0.2) is 8.42 Å². The molecule has 2 aliphatic rings. The number of sulfone groups is 1. The number of hydrogen-bond donors (Lipinski definition) is 1. The van der Waals surface area contributed by atoms with Gasteiger partial charge >= 0.3 is 0 Å². The highest BCUT2D eigenvalue weighted by Gasteiger charge is 2.34. The minimum Gasteiger partial charge on any atom is -0.314 e. The fourth-order valence-corrected chi connectivity index (χ4v) is 5.17. The van der Waals surface area contributed by atoms with Gasteiger partial charge in [0.05, 0.1) is 11.5 Å². The molecule has 0 radical (unpaired) electrons. The summed E-state index contributed by atoms with van der Waals surface area (Å²) in [4.78, 5) is 0. The third kappa shape index (κ3) is 4.74. The summed E-state index contributed by atoms with van der Waals surface area (Å²) in [5.74, 6) is 3.01. The molecule has 1 aliphatic carbocycles. The van der Waals surface area contributed by atoms with Gasteiger partial charge in [0, 0.05) is 6.04 Å². The second-order valence-electron chi connectivity index (χ2n) is 5.74. The molecule has 2 fully saturated rings. The fourth-order valence-electron chi connectivity index (χ4n) is 2.80. The van der Waals surface area contributed by atoms with Gasteiger partial charge in [-0.05, 0) is 62.5 Å². The molecule has 5 heteroatoms. The van der Waals surface area contributed by atoms with Crippen LogP contribution >= 0.6 is 11.8 Å². The summed E-state index contributed by atoms with van der Waals surface area (Å²) in [7, 11) is -2.73. The molecule has 0 amide bonds. The van der Waals surface area contributed by atoms with Gasteiger partial charge in [-0.15, -0.1) is 0 Å². The van der Waals surface area contributed by atoms with Crippen LogP contribution in [0.5, 0.6) is 0 Å². The van der Waals surface area contributed by atoms with Crippen LogP contribution < -0.4 is 5.32 Å². The van der Waals surface area contributed by atoms with E-state index in [4.69, 9.17) is 0 Å². The zero-order valence-corrected chi connectivity index (χ0v) is 12.9. The maximum atomic E-state index is 11.6. The second kappa shape index (κ2) is 6.62. The van der Waals surface area contributed by atoms with Crippen molar-refractivity contribution in [2.45, 2.75) is 38.1 Å². The molecule has 1 saturated heterocycles. The molecule has 18 heavy (non-hydrogen) atoms. The standard InChI is InChI=1S/C13H25NO2S2/c1-17-7-2-3-11(9-14-13-4-5-13)12-6-8-18(15,16)10-12/h11-14H,2-10H2,1H3. The van der Waals surface area contributed by atoms with Crippen LogP contribution in [-0.2, 0) is 9.84 Å². The molecule has 2 unspecified atom stereocenters. The van der Waals surface area contributed by atoms with Crippen molar-refractivity contribution in [2.24, 2.45) is 11.8 Å². The Labute approximate surface area is 115 Å². The molecule has 0 aromatic heterocycles. The third-order valence-electron chi connectivity index (χ3n) is 4.10. The molecule has 2 rings (SSSR count). The van der Waals surface area contributed by atoms with Crippen LogP contribution in [-0.4, -0.2) is 44.5 Å². The minimum atomic E-state index is -2.73. The molecule has 3 nitrogen and oxygen atoms in total. The quantitative estimate of drug-likeness (QED) is 0.694. The van der Waals surface area contributed by atoms with Gasteiger partial charge in [-0.3, -0.25) is 0 Å². The second-order valence-corrected chi connectivity index (χ2v) is 8.96. The Kier molecular flexibility index (Phi) is 5.39. The molecule has 0 bridgehead atoms. The van der Waals surface area contributed by atoms with Crippen LogP contribution in [0.1, 0.15) is 32.1 Å². The van der Waals surface area contributed by atoms with Crippen LogP contribution in [0.4, 0.5) is 0 Å². The van der Waals surface area contributed by atoms with Crippen molar-refractivity contribution < 1.29 is 8.42 Å². The van der Waals surface area contributed by atoms with Crippen molar-refractivity contribution in [1.82, 2.24) is 5.32 Å². The summed E-state index contributed by atoms with van der Waals surface area (Å²) < 4.78 is 23.2. The highest BCUT2D eigenvalue weighted by molar-refractivity contribution is 7.98. The molecule has 1 N–H and O–H groups in total. The van der Waals surface area contributed by atoms with Crippen molar-refractivity contribution >= 4 is 21.6 Å². The molecular weight excluding hydrogens is 266 g/mol. The van der Waals surface area contributed by atoms with Gasteiger partial charge in [-0.1, -0.05) is 0 Å². The van der Waals surface area contributed by atoms with Gasteiger partial charge in [0.1, 0.15) is 0 Å². The lowest BCUT2D eigenvalue weighted by Gasteiger charge is -2.23. The van der Waals surface area contributed by atoms with E-state index in [1.54, 1.807) is 0 Å². The number of thioether (sulfide) groups is 1. The van der Waals surface area contributed by atoms with Crippen LogP contribution in [0, 0.1) is 11.8 Å². The third-order valence-corrected chi connectivity index (χ3v) is 6.59. The maximum Gasteiger partial charge on any atom is 0.150 e. The Morgan fingerprint density at radius 3 is 2.67 bits per heavy atom. The van der Waals surface area contributed by atoms with Crippen LogP contribution in [0.2, 0.25) is 0 Å². The lowest BCUT2D eigenvalue weighted by atomic mass is 9.88. The molecule has 0 aromatic carbocycles. The highest BCUT2D eigenvalue weighted by atomic mass is 32.2. The molecule has 0 spiro atoms.